The summed E-state index contributed by atoms with van der Waals surface area (Å²) in [4.78, 5) is 13.8. The third-order valence-corrected chi connectivity index (χ3v) is 4.46. The summed E-state index contributed by atoms with van der Waals surface area (Å²) in [5.74, 6) is 0. The van der Waals surface area contributed by atoms with Crippen LogP contribution in [0, 0.1) is 0 Å². The number of hydrogen-bond acceptors (Lipinski definition) is 4. The molecule has 116 valence electrons. The van der Waals surface area contributed by atoms with Crippen LogP contribution in [0.4, 0.5) is 10.5 Å². The molecule has 8 heteroatoms. The van der Waals surface area contributed by atoms with Gasteiger partial charge in [0.05, 0.1) is 17.1 Å². The second-order valence-corrected chi connectivity index (χ2v) is 7.62. The molecule has 0 aromatic heterocycles. The van der Waals surface area contributed by atoms with Gasteiger partial charge in [-0.25, -0.2) is 13.2 Å². The summed E-state index contributed by atoms with van der Waals surface area (Å²) >= 11 is 0. The number of rotatable bonds is 2. The molecule has 1 fully saturated rings. The molecule has 0 saturated carbocycles. The topological polar surface area (TPSA) is 75.7 Å². The van der Waals surface area contributed by atoms with Crippen molar-refractivity contribution in [2.45, 2.75) is 31.0 Å². The minimum absolute atomic E-state index is 0.00391. The van der Waals surface area contributed by atoms with Gasteiger partial charge in [-0.05, 0) is 38.1 Å². The summed E-state index contributed by atoms with van der Waals surface area (Å²) in [6.07, 6.45) is -0.0217. The molecule has 1 aliphatic rings. The number of hydrogen-bond donors (Lipinski definition) is 1. The number of urea groups is 1. The van der Waals surface area contributed by atoms with Crippen LogP contribution in [0.2, 0.25) is 0 Å². The molecule has 1 saturated heterocycles. The Bertz CT molecular complexity index is 608. The average Bonchev–Trinajstić information content (AvgIpc) is 2.37. The molecule has 2 unspecified atom stereocenters. The van der Waals surface area contributed by atoms with E-state index in [9.17, 15) is 13.2 Å². The molecule has 1 aromatic rings. The Hall–Kier alpha value is -1.31. The first-order valence-electron chi connectivity index (χ1n) is 6.52. The van der Waals surface area contributed by atoms with Crippen LogP contribution in [0.5, 0.6) is 0 Å². The summed E-state index contributed by atoms with van der Waals surface area (Å²) in [6.45, 7) is 4.86. The Kier molecular flexibility index (Phi) is 4.75. The van der Waals surface area contributed by atoms with Gasteiger partial charge < -0.3 is 15.0 Å². The molecule has 0 aliphatic carbocycles. The van der Waals surface area contributed by atoms with Gasteiger partial charge in [-0.2, -0.15) is 0 Å². The number of ether oxygens (including phenoxy) is 1. The Balaban J connectivity index is 2.03. The minimum Gasteiger partial charge on any atom is -0.372 e. The summed E-state index contributed by atoms with van der Waals surface area (Å²) in [6, 6.07) is 5.46. The zero-order valence-corrected chi connectivity index (χ0v) is 13.3. The second kappa shape index (κ2) is 6.21. The lowest BCUT2D eigenvalue weighted by Crippen LogP contribution is -2.49. The van der Waals surface area contributed by atoms with Gasteiger partial charge in [0.25, 0.3) is 9.05 Å². The fourth-order valence-corrected chi connectivity index (χ4v) is 3.02. The molecule has 1 heterocycles. The van der Waals surface area contributed by atoms with Crippen molar-refractivity contribution in [3.63, 3.8) is 0 Å². The van der Waals surface area contributed by atoms with Gasteiger partial charge in [0.2, 0.25) is 0 Å². The van der Waals surface area contributed by atoms with Crippen LogP contribution in [-0.4, -0.2) is 44.6 Å². The number of carbonyl (C=O) groups excluding carboxylic acids is 1. The van der Waals surface area contributed by atoms with Crippen LogP contribution in [0.15, 0.2) is 29.2 Å². The van der Waals surface area contributed by atoms with Crippen LogP contribution in [0.1, 0.15) is 13.8 Å². The van der Waals surface area contributed by atoms with E-state index in [4.69, 9.17) is 15.4 Å². The van der Waals surface area contributed by atoms with Crippen LogP contribution >= 0.6 is 10.7 Å². The highest BCUT2D eigenvalue weighted by Gasteiger charge is 2.25. The zero-order chi connectivity index (χ0) is 15.6. The Labute approximate surface area is 128 Å². The fourth-order valence-electron chi connectivity index (χ4n) is 2.25. The highest BCUT2D eigenvalue weighted by Crippen LogP contribution is 2.18. The number of carbonyl (C=O) groups is 1. The van der Waals surface area contributed by atoms with Gasteiger partial charge in [0.1, 0.15) is 0 Å². The maximum Gasteiger partial charge on any atom is 0.322 e. The van der Waals surface area contributed by atoms with E-state index in [0.717, 1.165) is 0 Å². The maximum atomic E-state index is 12.2. The van der Waals surface area contributed by atoms with Crippen molar-refractivity contribution in [1.29, 1.82) is 0 Å². The maximum absolute atomic E-state index is 12.2. The Morgan fingerprint density at radius 3 is 2.24 bits per heavy atom. The van der Waals surface area contributed by atoms with Crippen LogP contribution < -0.4 is 5.32 Å². The molecule has 2 atom stereocenters. The summed E-state index contributed by atoms with van der Waals surface area (Å²) in [5, 5.41) is 2.72. The fraction of sp³-hybridized carbons (Fsp3) is 0.462. The van der Waals surface area contributed by atoms with E-state index in [-0.39, 0.29) is 23.1 Å². The number of nitrogens with one attached hydrogen (secondary N) is 1. The molecule has 0 bridgehead atoms. The SMILES string of the molecule is CC1CN(C(=O)Nc2ccc(S(=O)(=O)Cl)cc2)CC(C)O1. The van der Waals surface area contributed by atoms with E-state index in [2.05, 4.69) is 5.32 Å². The zero-order valence-electron chi connectivity index (χ0n) is 11.7. The van der Waals surface area contributed by atoms with Gasteiger partial charge in [0.15, 0.2) is 0 Å². The molecular weight excluding hydrogens is 316 g/mol. The van der Waals surface area contributed by atoms with Crippen LogP contribution in [0.3, 0.4) is 0 Å². The number of amides is 2. The number of benzene rings is 1. The van der Waals surface area contributed by atoms with E-state index in [1.54, 1.807) is 4.90 Å². The summed E-state index contributed by atoms with van der Waals surface area (Å²) in [7, 11) is 1.48. The van der Waals surface area contributed by atoms with Gasteiger partial charge >= 0.3 is 6.03 Å². The first kappa shape index (κ1) is 16.1. The van der Waals surface area contributed by atoms with Crippen molar-refractivity contribution >= 4 is 31.5 Å². The smallest absolute Gasteiger partial charge is 0.322 e. The predicted octanol–water partition coefficient (Wildman–Crippen LogP) is 2.26. The predicted molar refractivity (Wildman–Crippen MR) is 80.1 cm³/mol. The van der Waals surface area contributed by atoms with Crippen molar-refractivity contribution in [1.82, 2.24) is 4.90 Å². The van der Waals surface area contributed by atoms with E-state index < -0.39 is 9.05 Å². The Morgan fingerprint density at radius 2 is 1.76 bits per heavy atom. The van der Waals surface area contributed by atoms with Gasteiger partial charge in [-0.1, -0.05) is 0 Å². The quantitative estimate of drug-likeness (QED) is 0.843. The first-order valence-corrected chi connectivity index (χ1v) is 8.83. The van der Waals surface area contributed by atoms with Gasteiger partial charge in [-0.3, -0.25) is 0 Å². The third kappa shape index (κ3) is 4.33. The lowest BCUT2D eigenvalue weighted by Gasteiger charge is -2.35. The number of anilines is 1. The minimum atomic E-state index is -3.75. The monoisotopic (exact) mass is 332 g/mol. The van der Waals surface area contributed by atoms with Crippen molar-refractivity contribution < 1.29 is 17.9 Å². The van der Waals surface area contributed by atoms with Gasteiger partial charge in [-0.15, -0.1) is 0 Å². The molecule has 6 nitrogen and oxygen atoms in total. The largest absolute Gasteiger partial charge is 0.372 e. The molecule has 21 heavy (non-hydrogen) atoms. The number of nitrogens with zero attached hydrogens (tertiary/aromatic N) is 1. The number of morpholine rings is 1. The lowest BCUT2D eigenvalue weighted by molar-refractivity contribution is -0.0530. The van der Waals surface area contributed by atoms with Crippen molar-refractivity contribution in [3.8, 4) is 0 Å². The highest BCUT2D eigenvalue weighted by atomic mass is 35.7. The van der Waals surface area contributed by atoms with E-state index >= 15 is 0 Å². The molecule has 2 amide bonds. The molecular formula is C13H17ClN2O4S. The van der Waals surface area contributed by atoms with E-state index in [1.165, 1.54) is 24.3 Å². The van der Waals surface area contributed by atoms with E-state index in [1.807, 2.05) is 13.8 Å². The van der Waals surface area contributed by atoms with Crippen molar-refractivity contribution in [2.75, 3.05) is 18.4 Å². The molecule has 0 radical (unpaired) electrons. The first-order chi connectivity index (χ1) is 9.75. The normalized spacial score (nSPS) is 22.9. The van der Waals surface area contributed by atoms with Crippen molar-refractivity contribution in [2.24, 2.45) is 0 Å². The highest BCUT2D eigenvalue weighted by molar-refractivity contribution is 8.13. The third-order valence-electron chi connectivity index (χ3n) is 3.09. The lowest BCUT2D eigenvalue weighted by atomic mass is 10.2. The Morgan fingerprint density at radius 1 is 1.24 bits per heavy atom. The van der Waals surface area contributed by atoms with Crippen molar-refractivity contribution in [3.05, 3.63) is 24.3 Å². The molecule has 2 rings (SSSR count). The number of halogens is 1. The molecule has 1 aromatic carbocycles. The molecule has 0 spiro atoms. The van der Waals surface area contributed by atoms with Crippen LogP contribution in [0.25, 0.3) is 0 Å². The summed E-state index contributed by atoms with van der Waals surface area (Å²) in [5.41, 5.74) is 0.510. The van der Waals surface area contributed by atoms with E-state index in [0.29, 0.717) is 18.8 Å². The van der Waals surface area contributed by atoms with Gasteiger partial charge in [0, 0.05) is 29.5 Å². The standard InChI is InChI=1S/C13H17ClN2O4S/c1-9-7-16(8-10(2)20-9)13(17)15-11-3-5-12(6-4-11)21(14,18)19/h3-6,9-10H,7-8H2,1-2H3,(H,15,17). The second-order valence-electron chi connectivity index (χ2n) is 5.05. The summed E-state index contributed by atoms with van der Waals surface area (Å²) < 4.78 is 27.9. The average molecular weight is 333 g/mol. The molecule has 1 aliphatic heterocycles. The van der Waals surface area contributed by atoms with Crippen LogP contribution in [-0.2, 0) is 13.8 Å². The molecule has 1 N–H and O–H groups in total.